The van der Waals surface area contributed by atoms with Crippen molar-refractivity contribution in [2.45, 2.75) is 25.4 Å². The summed E-state index contributed by atoms with van der Waals surface area (Å²) in [6.45, 7) is 0.198. The Balaban J connectivity index is 1.60. The molecule has 1 aliphatic rings. The zero-order chi connectivity index (χ0) is 11.7. The van der Waals surface area contributed by atoms with Crippen LogP contribution in [0.25, 0.3) is 0 Å². The van der Waals surface area contributed by atoms with Gasteiger partial charge in [0.15, 0.2) is 6.61 Å². The van der Waals surface area contributed by atoms with Gasteiger partial charge in [-0.1, -0.05) is 5.16 Å². The quantitative estimate of drug-likeness (QED) is 0.759. The number of nitrogens with zero attached hydrogens (tertiary/aromatic N) is 3. The molecule has 0 aromatic carbocycles. The minimum Gasteiger partial charge on any atom is -0.484 e. The second-order valence-corrected chi connectivity index (χ2v) is 3.93. The van der Waals surface area contributed by atoms with Crippen molar-refractivity contribution in [1.82, 2.24) is 15.1 Å². The molecule has 0 amide bonds. The normalized spacial score (nSPS) is 14.9. The Labute approximate surface area is 96.6 Å². The maximum Gasteiger partial charge on any atom is 0.229 e. The second-order valence-electron chi connectivity index (χ2n) is 3.93. The van der Waals surface area contributed by atoms with E-state index in [-0.39, 0.29) is 6.61 Å². The van der Waals surface area contributed by atoms with E-state index in [1.165, 1.54) is 18.3 Å². The first-order valence-electron chi connectivity index (χ1n) is 5.38. The predicted molar refractivity (Wildman–Crippen MR) is 54.8 cm³/mol. The Kier molecular flexibility index (Phi) is 2.47. The van der Waals surface area contributed by atoms with Gasteiger partial charge in [-0.05, 0) is 25.0 Å². The summed E-state index contributed by atoms with van der Waals surface area (Å²) in [5.74, 6) is 1.55. The molecule has 0 N–H and O–H groups in total. The van der Waals surface area contributed by atoms with E-state index in [0.29, 0.717) is 23.4 Å². The lowest BCUT2D eigenvalue weighted by Crippen LogP contribution is -1.98. The number of halogens is 1. The van der Waals surface area contributed by atoms with Gasteiger partial charge in [-0.15, -0.1) is 0 Å². The van der Waals surface area contributed by atoms with Crippen molar-refractivity contribution in [1.29, 1.82) is 0 Å². The summed E-state index contributed by atoms with van der Waals surface area (Å²) in [7, 11) is 0. The molecule has 88 valence electrons. The Hall–Kier alpha value is -1.98. The fourth-order valence-electron chi connectivity index (χ4n) is 1.42. The molecule has 0 bridgehead atoms. The third kappa shape index (κ3) is 2.41. The van der Waals surface area contributed by atoms with Crippen LogP contribution in [0.1, 0.15) is 30.5 Å². The van der Waals surface area contributed by atoms with Gasteiger partial charge in [-0.2, -0.15) is 9.37 Å². The zero-order valence-electron chi connectivity index (χ0n) is 8.97. The van der Waals surface area contributed by atoms with Crippen LogP contribution in [-0.2, 0) is 6.61 Å². The summed E-state index contributed by atoms with van der Waals surface area (Å²) in [4.78, 5) is 7.69. The molecule has 1 fully saturated rings. The van der Waals surface area contributed by atoms with Gasteiger partial charge in [0, 0.05) is 5.92 Å². The minimum atomic E-state index is -0.534. The van der Waals surface area contributed by atoms with Crippen LogP contribution in [-0.4, -0.2) is 15.1 Å². The SMILES string of the molecule is Fc1ccc(OCc2noc(C3CC3)n2)cn1. The topological polar surface area (TPSA) is 61.0 Å². The van der Waals surface area contributed by atoms with Gasteiger partial charge in [0.25, 0.3) is 0 Å². The Morgan fingerprint density at radius 2 is 2.29 bits per heavy atom. The van der Waals surface area contributed by atoms with E-state index in [1.807, 2.05) is 0 Å². The van der Waals surface area contributed by atoms with Crippen molar-refractivity contribution in [3.8, 4) is 5.75 Å². The number of ether oxygens (including phenoxy) is 1. The third-order valence-electron chi connectivity index (χ3n) is 2.48. The number of hydrogen-bond acceptors (Lipinski definition) is 5. The van der Waals surface area contributed by atoms with E-state index in [9.17, 15) is 4.39 Å². The molecule has 0 saturated heterocycles. The van der Waals surface area contributed by atoms with Crippen molar-refractivity contribution < 1.29 is 13.7 Å². The summed E-state index contributed by atoms with van der Waals surface area (Å²) >= 11 is 0. The number of hydrogen-bond donors (Lipinski definition) is 0. The second kappa shape index (κ2) is 4.12. The molecule has 0 atom stereocenters. The van der Waals surface area contributed by atoms with Crippen LogP contribution in [0.4, 0.5) is 4.39 Å². The van der Waals surface area contributed by atoms with Crippen molar-refractivity contribution in [3.63, 3.8) is 0 Å². The molecule has 1 aliphatic carbocycles. The molecule has 0 unspecified atom stereocenters. The van der Waals surface area contributed by atoms with Crippen LogP contribution in [0, 0.1) is 5.95 Å². The fourth-order valence-corrected chi connectivity index (χ4v) is 1.42. The van der Waals surface area contributed by atoms with Gasteiger partial charge < -0.3 is 9.26 Å². The molecule has 2 heterocycles. The molecule has 3 rings (SSSR count). The monoisotopic (exact) mass is 235 g/mol. The first-order chi connectivity index (χ1) is 8.31. The average Bonchev–Trinajstić information content (AvgIpc) is 3.09. The third-order valence-corrected chi connectivity index (χ3v) is 2.48. The molecule has 0 radical (unpaired) electrons. The molecule has 2 aromatic heterocycles. The van der Waals surface area contributed by atoms with Crippen molar-refractivity contribution in [2.24, 2.45) is 0 Å². The molecule has 6 heteroatoms. The van der Waals surface area contributed by atoms with Crippen LogP contribution in [0.15, 0.2) is 22.9 Å². The zero-order valence-corrected chi connectivity index (χ0v) is 8.97. The average molecular weight is 235 g/mol. The van der Waals surface area contributed by atoms with Crippen LogP contribution in [0.5, 0.6) is 5.75 Å². The van der Waals surface area contributed by atoms with E-state index in [0.717, 1.165) is 12.8 Å². The van der Waals surface area contributed by atoms with E-state index in [4.69, 9.17) is 9.26 Å². The summed E-state index contributed by atoms with van der Waals surface area (Å²) in [5.41, 5.74) is 0. The highest BCUT2D eigenvalue weighted by atomic mass is 19.1. The first-order valence-corrected chi connectivity index (χ1v) is 5.38. The highest BCUT2D eigenvalue weighted by Gasteiger charge is 2.29. The molecular formula is C11H10FN3O2. The van der Waals surface area contributed by atoms with Crippen LogP contribution < -0.4 is 4.74 Å². The molecule has 17 heavy (non-hydrogen) atoms. The largest absolute Gasteiger partial charge is 0.484 e. The highest BCUT2D eigenvalue weighted by Crippen LogP contribution is 2.38. The molecule has 0 spiro atoms. The van der Waals surface area contributed by atoms with Crippen LogP contribution >= 0.6 is 0 Å². The van der Waals surface area contributed by atoms with Crippen molar-refractivity contribution >= 4 is 0 Å². The summed E-state index contributed by atoms with van der Waals surface area (Å²) < 4.78 is 23.0. The van der Waals surface area contributed by atoms with Gasteiger partial charge in [0.05, 0.1) is 6.20 Å². The van der Waals surface area contributed by atoms with E-state index < -0.39 is 5.95 Å². The number of pyridine rings is 1. The van der Waals surface area contributed by atoms with Gasteiger partial charge in [-0.3, -0.25) is 0 Å². The number of aromatic nitrogens is 3. The van der Waals surface area contributed by atoms with Crippen LogP contribution in [0.2, 0.25) is 0 Å². The lowest BCUT2D eigenvalue weighted by atomic mass is 10.4. The highest BCUT2D eigenvalue weighted by molar-refractivity contribution is 5.16. The van der Waals surface area contributed by atoms with E-state index in [2.05, 4.69) is 15.1 Å². The van der Waals surface area contributed by atoms with Crippen molar-refractivity contribution in [2.75, 3.05) is 0 Å². The molecule has 2 aromatic rings. The minimum absolute atomic E-state index is 0.198. The standard InChI is InChI=1S/C11H10FN3O2/c12-9-4-3-8(5-13-9)16-6-10-14-11(17-15-10)7-1-2-7/h3-5,7H,1-2,6H2. The van der Waals surface area contributed by atoms with Crippen molar-refractivity contribution in [3.05, 3.63) is 36.0 Å². The van der Waals surface area contributed by atoms with E-state index >= 15 is 0 Å². The first kappa shape index (κ1) is 10.2. The van der Waals surface area contributed by atoms with Gasteiger partial charge in [0.1, 0.15) is 5.75 Å². The Bertz CT molecular complexity index is 508. The summed E-state index contributed by atoms with van der Waals surface area (Å²) in [6, 6.07) is 2.74. The van der Waals surface area contributed by atoms with Gasteiger partial charge in [-0.25, -0.2) is 4.98 Å². The van der Waals surface area contributed by atoms with E-state index in [1.54, 1.807) is 0 Å². The molecule has 0 aliphatic heterocycles. The fraction of sp³-hybridized carbons (Fsp3) is 0.364. The lowest BCUT2D eigenvalue weighted by Gasteiger charge is -2.01. The predicted octanol–water partition coefficient (Wildman–Crippen LogP) is 2.06. The molecular weight excluding hydrogens is 225 g/mol. The summed E-state index contributed by atoms with van der Waals surface area (Å²) in [5, 5.41) is 3.80. The lowest BCUT2D eigenvalue weighted by molar-refractivity contribution is 0.283. The number of rotatable bonds is 4. The Morgan fingerprint density at radius 3 is 3.00 bits per heavy atom. The maximum absolute atomic E-state index is 12.5. The van der Waals surface area contributed by atoms with Gasteiger partial charge in [0.2, 0.25) is 17.7 Å². The maximum atomic E-state index is 12.5. The van der Waals surface area contributed by atoms with Gasteiger partial charge >= 0.3 is 0 Å². The van der Waals surface area contributed by atoms with Crippen LogP contribution in [0.3, 0.4) is 0 Å². The smallest absolute Gasteiger partial charge is 0.229 e. The molecule has 1 saturated carbocycles. The Morgan fingerprint density at radius 1 is 1.41 bits per heavy atom. The summed E-state index contributed by atoms with van der Waals surface area (Å²) in [6.07, 6.45) is 3.55. The molecule has 5 nitrogen and oxygen atoms in total.